The average molecular weight is 248 g/mol. The van der Waals surface area contributed by atoms with Crippen LogP contribution in [0.5, 0.6) is 0 Å². The van der Waals surface area contributed by atoms with Gasteiger partial charge in [0.25, 0.3) is 0 Å². The molecule has 0 saturated heterocycles. The standard InChI is InChI=1S/C11H24N2O2S/c1-9-6-10(2)8-11(7-9)12-4-5-13-16(3,14)15/h9-13H,4-8H2,1-3H3. The van der Waals surface area contributed by atoms with Crippen LogP contribution in [0.1, 0.15) is 33.1 Å². The Balaban J connectivity index is 2.17. The second kappa shape index (κ2) is 5.98. The van der Waals surface area contributed by atoms with Gasteiger partial charge in [0.15, 0.2) is 0 Å². The zero-order valence-corrected chi connectivity index (χ0v) is 11.3. The molecule has 0 aromatic heterocycles. The Morgan fingerprint density at radius 1 is 1.06 bits per heavy atom. The minimum Gasteiger partial charge on any atom is -0.313 e. The van der Waals surface area contributed by atoms with E-state index in [4.69, 9.17) is 0 Å². The van der Waals surface area contributed by atoms with Gasteiger partial charge in [0.05, 0.1) is 6.26 Å². The summed E-state index contributed by atoms with van der Waals surface area (Å²) in [7, 11) is -3.04. The van der Waals surface area contributed by atoms with Gasteiger partial charge in [-0.05, 0) is 31.1 Å². The lowest BCUT2D eigenvalue weighted by atomic mass is 9.80. The Hall–Kier alpha value is -0.130. The maximum atomic E-state index is 10.8. The van der Waals surface area contributed by atoms with Crippen LogP contribution in [0.4, 0.5) is 0 Å². The fourth-order valence-electron chi connectivity index (χ4n) is 2.63. The Morgan fingerprint density at radius 2 is 1.62 bits per heavy atom. The lowest BCUT2D eigenvalue weighted by molar-refractivity contribution is 0.240. The number of nitrogens with one attached hydrogen (secondary N) is 2. The fourth-order valence-corrected chi connectivity index (χ4v) is 3.10. The third kappa shape index (κ3) is 5.82. The summed E-state index contributed by atoms with van der Waals surface area (Å²) in [6.07, 6.45) is 4.93. The Labute approximate surface area is 99.2 Å². The molecular weight excluding hydrogens is 224 g/mol. The quantitative estimate of drug-likeness (QED) is 0.712. The third-order valence-electron chi connectivity index (χ3n) is 3.10. The highest BCUT2D eigenvalue weighted by Crippen LogP contribution is 2.28. The molecule has 96 valence electrons. The van der Waals surface area contributed by atoms with Crippen molar-refractivity contribution in [3.05, 3.63) is 0 Å². The second-order valence-corrected chi connectivity index (χ2v) is 7.07. The number of sulfonamides is 1. The SMILES string of the molecule is CC1CC(C)CC(NCCNS(C)(=O)=O)C1. The molecule has 4 nitrogen and oxygen atoms in total. The molecule has 16 heavy (non-hydrogen) atoms. The van der Waals surface area contributed by atoms with E-state index in [1.54, 1.807) is 0 Å². The van der Waals surface area contributed by atoms with E-state index in [9.17, 15) is 8.42 Å². The molecular formula is C11H24N2O2S. The molecule has 0 heterocycles. The topological polar surface area (TPSA) is 58.2 Å². The summed E-state index contributed by atoms with van der Waals surface area (Å²) in [5.74, 6) is 1.56. The Bertz CT molecular complexity index is 293. The molecule has 1 fully saturated rings. The second-order valence-electron chi connectivity index (χ2n) is 5.24. The van der Waals surface area contributed by atoms with Crippen LogP contribution in [-0.2, 0) is 10.0 Å². The monoisotopic (exact) mass is 248 g/mol. The van der Waals surface area contributed by atoms with Gasteiger partial charge in [-0.15, -0.1) is 0 Å². The maximum absolute atomic E-state index is 10.8. The summed E-state index contributed by atoms with van der Waals surface area (Å²) in [6.45, 7) is 5.79. The lowest BCUT2D eigenvalue weighted by Gasteiger charge is -2.32. The van der Waals surface area contributed by atoms with Crippen molar-refractivity contribution in [2.24, 2.45) is 11.8 Å². The first-order valence-electron chi connectivity index (χ1n) is 6.05. The molecule has 2 unspecified atom stereocenters. The van der Waals surface area contributed by atoms with E-state index in [1.165, 1.54) is 25.5 Å². The molecule has 0 aromatic rings. The van der Waals surface area contributed by atoms with Gasteiger partial charge in [0.1, 0.15) is 0 Å². The molecule has 0 bridgehead atoms. The van der Waals surface area contributed by atoms with Crippen LogP contribution in [0.2, 0.25) is 0 Å². The lowest BCUT2D eigenvalue weighted by Crippen LogP contribution is -2.40. The number of hydrogen-bond donors (Lipinski definition) is 2. The summed E-state index contributed by atoms with van der Waals surface area (Å²) < 4.78 is 24.2. The van der Waals surface area contributed by atoms with Gasteiger partial charge < -0.3 is 5.32 Å². The van der Waals surface area contributed by atoms with E-state index in [2.05, 4.69) is 23.9 Å². The van der Waals surface area contributed by atoms with Gasteiger partial charge in [0, 0.05) is 19.1 Å². The Kier molecular flexibility index (Phi) is 5.21. The van der Waals surface area contributed by atoms with Crippen LogP contribution in [0.25, 0.3) is 0 Å². The largest absolute Gasteiger partial charge is 0.313 e. The highest BCUT2D eigenvalue weighted by molar-refractivity contribution is 7.88. The van der Waals surface area contributed by atoms with E-state index in [0.29, 0.717) is 12.6 Å². The molecule has 1 aliphatic rings. The van der Waals surface area contributed by atoms with Crippen molar-refractivity contribution in [2.45, 2.75) is 39.2 Å². The van der Waals surface area contributed by atoms with Gasteiger partial charge in [0.2, 0.25) is 10.0 Å². The summed E-state index contributed by atoms with van der Waals surface area (Å²) in [5.41, 5.74) is 0. The highest BCUT2D eigenvalue weighted by atomic mass is 32.2. The molecule has 0 amide bonds. The number of hydrogen-bond acceptors (Lipinski definition) is 3. The van der Waals surface area contributed by atoms with Crippen molar-refractivity contribution in [1.82, 2.24) is 10.0 Å². The summed E-state index contributed by atoms with van der Waals surface area (Å²) >= 11 is 0. The van der Waals surface area contributed by atoms with Gasteiger partial charge in [-0.3, -0.25) is 0 Å². The smallest absolute Gasteiger partial charge is 0.208 e. The zero-order chi connectivity index (χ0) is 12.2. The van der Waals surface area contributed by atoms with Crippen molar-refractivity contribution in [3.63, 3.8) is 0 Å². The zero-order valence-electron chi connectivity index (χ0n) is 10.5. The van der Waals surface area contributed by atoms with Crippen LogP contribution >= 0.6 is 0 Å². The molecule has 2 atom stereocenters. The van der Waals surface area contributed by atoms with E-state index in [-0.39, 0.29) is 0 Å². The minimum absolute atomic E-state index is 0.484. The first-order valence-corrected chi connectivity index (χ1v) is 7.94. The maximum Gasteiger partial charge on any atom is 0.208 e. The normalized spacial score (nSPS) is 31.6. The third-order valence-corrected chi connectivity index (χ3v) is 3.83. The van der Waals surface area contributed by atoms with Crippen LogP contribution in [0, 0.1) is 11.8 Å². The Morgan fingerprint density at radius 3 is 2.12 bits per heavy atom. The first-order chi connectivity index (χ1) is 7.37. The molecule has 5 heteroatoms. The van der Waals surface area contributed by atoms with Crippen LogP contribution in [0.3, 0.4) is 0 Å². The van der Waals surface area contributed by atoms with Gasteiger partial charge in [-0.2, -0.15) is 0 Å². The van der Waals surface area contributed by atoms with E-state index in [0.717, 1.165) is 18.4 Å². The average Bonchev–Trinajstić information content (AvgIpc) is 2.09. The summed E-state index contributed by atoms with van der Waals surface area (Å²) in [6, 6.07) is 0.556. The fraction of sp³-hybridized carbons (Fsp3) is 1.00. The minimum atomic E-state index is -3.04. The molecule has 0 radical (unpaired) electrons. The van der Waals surface area contributed by atoms with E-state index in [1.807, 2.05) is 0 Å². The van der Waals surface area contributed by atoms with E-state index >= 15 is 0 Å². The number of rotatable bonds is 5. The van der Waals surface area contributed by atoms with Crippen LogP contribution in [-0.4, -0.2) is 33.8 Å². The summed E-state index contributed by atoms with van der Waals surface area (Å²) in [5, 5.41) is 3.43. The predicted molar refractivity (Wildman–Crippen MR) is 66.8 cm³/mol. The van der Waals surface area contributed by atoms with Gasteiger partial charge in [-0.1, -0.05) is 13.8 Å². The summed E-state index contributed by atoms with van der Waals surface area (Å²) in [4.78, 5) is 0. The van der Waals surface area contributed by atoms with Crippen molar-refractivity contribution in [2.75, 3.05) is 19.3 Å². The molecule has 1 saturated carbocycles. The molecule has 0 aromatic carbocycles. The van der Waals surface area contributed by atoms with Crippen molar-refractivity contribution < 1.29 is 8.42 Å². The molecule has 1 aliphatic carbocycles. The molecule has 0 aliphatic heterocycles. The molecule has 0 spiro atoms. The van der Waals surface area contributed by atoms with E-state index < -0.39 is 10.0 Å². The molecule has 2 N–H and O–H groups in total. The predicted octanol–water partition coefficient (Wildman–Crippen LogP) is 0.950. The van der Waals surface area contributed by atoms with Crippen molar-refractivity contribution >= 4 is 10.0 Å². The van der Waals surface area contributed by atoms with Crippen LogP contribution < -0.4 is 10.0 Å². The first kappa shape index (κ1) is 13.9. The van der Waals surface area contributed by atoms with Gasteiger partial charge in [-0.25, -0.2) is 13.1 Å². The highest BCUT2D eigenvalue weighted by Gasteiger charge is 2.23. The van der Waals surface area contributed by atoms with Gasteiger partial charge >= 0.3 is 0 Å². The van der Waals surface area contributed by atoms with Crippen molar-refractivity contribution in [1.29, 1.82) is 0 Å². The molecule has 1 rings (SSSR count). The van der Waals surface area contributed by atoms with Crippen LogP contribution in [0.15, 0.2) is 0 Å². The van der Waals surface area contributed by atoms with Crippen molar-refractivity contribution in [3.8, 4) is 0 Å².